The zero-order valence-electron chi connectivity index (χ0n) is 5.78. The van der Waals surface area contributed by atoms with Crippen molar-refractivity contribution in [3.63, 3.8) is 0 Å². The van der Waals surface area contributed by atoms with Crippen LogP contribution in [0, 0.1) is 0 Å². The number of fused-ring (bicyclic) bond motifs is 1. The van der Waals surface area contributed by atoms with Gasteiger partial charge in [0.15, 0.2) is 0 Å². The summed E-state index contributed by atoms with van der Waals surface area (Å²) < 4.78 is 5.42. The van der Waals surface area contributed by atoms with E-state index in [9.17, 15) is 0 Å². The number of alkyl halides is 1. The summed E-state index contributed by atoms with van der Waals surface area (Å²) in [5, 5.41) is 0. The zero-order valence-corrected chi connectivity index (χ0v) is 6.53. The van der Waals surface area contributed by atoms with Gasteiger partial charge in [0.2, 0.25) is 0 Å². The third-order valence-electron chi connectivity index (χ3n) is 2.86. The molecular weight excluding hydrogens is 136 g/mol. The van der Waals surface area contributed by atoms with Gasteiger partial charge in [0, 0.05) is 0 Å². The summed E-state index contributed by atoms with van der Waals surface area (Å²) in [6.07, 6.45) is 2.73. The van der Waals surface area contributed by atoms with Crippen LogP contribution < -0.4 is 0 Å². The van der Waals surface area contributed by atoms with Crippen LogP contribution in [0.25, 0.3) is 0 Å². The predicted octanol–water partition coefficient (Wildman–Crippen LogP) is 1.94. The molecule has 9 heavy (non-hydrogen) atoms. The lowest BCUT2D eigenvalue weighted by atomic mass is 9.98. The third-order valence-corrected chi connectivity index (χ3v) is 3.42. The lowest BCUT2D eigenvalue weighted by molar-refractivity contribution is 0.227. The number of rotatable bonds is 0. The fourth-order valence-corrected chi connectivity index (χ4v) is 1.98. The van der Waals surface area contributed by atoms with E-state index in [0.29, 0.717) is 6.10 Å². The van der Waals surface area contributed by atoms with E-state index in [1.165, 1.54) is 0 Å². The van der Waals surface area contributed by atoms with Crippen LogP contribution in [0.2, 0.25) is 0 Å². The average Bonchev–Trinajstić information content (AvgIpc) is 2.34. The van der Waals surface area contributed by atoms with Crippen molar-refractivity contribution in [2.75, 3.05) is 0 Å². The van der Waals surface area contributed by atoms with Gasteiger partial charge in [-0.15, -0.1) is 11.6 Å². The average molecular weight is 147 g/mol. The van der Waals surface area contributed by atoms with Gasteiger partial charge in [-0.05, 0) is 26.7 Å². The third kappa shape index (κ3) is 0.548. The smallest absolute Gasteiger partial charge is 0.111 e. The first kappa shape index (κ1) is 5.99. The molecule has 52 valence electrons. The van der Waals surface area contributed by atoms with E-state index in [1.807, 2.05) is 0 Å². The van der Waals surface area contributed by atoms with Gasteiger partial charge < -0.3 is 4.74 Å². The molecule has 0 aromatic carbocycles. The van der Waals surface area contributed by atoms with Gasteiger partial charge in [0.1, 0.15) is 5.60 Å². The molecule has 0 aromatic heterocycles. The highest BCUT2D eigenvalue weighted by Gasteiger charge is 2.67. The Kier molecular flexibility index (Phi) is 0.867. The zero-order chi connectivity index (χ0) is 6.70. The summed E-state index contributed by atoms with van der Waals surface area (Å²) in [4.78, 5) is -0.0856. The van der Waals surface area contributed by atoms with Crippen LogP contribution in [-0.4, -0.2) is 16.6 Å². The first-order valence-corrected chi connectivity index (χ1v) is 3.81. The summed E-state index contributed by atoms with van der Waals surface area (Å²) in [5.74, 6) is 0. The summed E-state index contributed by atoms with van der Waals surface area (Å²) in [7, 11) is 0. The van der Waals surface area contributed by atoms with Crippen molar-refractivity contribution in [2.45, 2.75) is 43.3 Å². The molecule has 2 heteroatoms. The van der Waals surface area contributed by atoms with Crippen molar-refractivity contribution < 1.29 is 4.74 Å². The summed E-state index contributed by atoms with van der Waals surface area (Å²) >= 11 is 6.18. The molecule has 0 aromatic rings. The minimum atomic E-state index is -0.0856. The van der Waals surface area contributed by atoms with Crippen LogP contribution in [0.5, 0.6) is 0 Å². The number of ether oxygens (including phenoxy) is 1. The molecule has 1 nitrogen and oxygen atoms in total. The quantitative estimate of drug-likeness (QED) is 0.376. The van der Waals surface area contributed by atoms with Crippen LogP contribution in [-0.2, 0) is 4.74 Å². The summed E-state index contributed by atoms with van der Waals surface area (Å²) in [6.45, 7) is 4.18. The van der Waals surface area contributed by atoms with Crippen LogP contribution in [0.4, 0.5) is 0 Å². The maximum absolute atomic E-state index is 6.18. The highest BCUT2D eigenvalue weighted by molar-refractivity contribution is 6.25. The molecule has 1 aliphatic heterocycles. The lowest BCUT2D eigenvalue weighted by Gasteiger charge is -2.21. The van der Waals surface area contributed by atoms with Crippen molar-refractivity contribution in [1.82, 2.24) is 0 Å². The normalized spacial score (nSPS) is 63.7. The Bertz CT molecular complexity index is 150. The SMILES string of the molecule is C[C@]1(Cl)CC[C@H]2O[C@]21C. The Morgan fingerprint density at radius 2 is 2.22 bits per heavy atom. The molecule has 1 saturated heterocycles. The van der Waals surface area contributed by atoms with Crippen molar-refractivity contribution in [3.8, 4) is 0 Å². The first-order chi connectivity index (χ1) is 4.06. The van der Waals surface area contributed by atoms with Crippen LogP contribution in [0.3, 0.4) is 0 Å². The largest absolute Gasteiger partial charge is 0.364 e. The van der Waals surface area contributed by atoms with E-state index in [2.05, 4.69) is 13.8 Å². The van der Waals surface area contributed by atoms with Crippen LogP contribution >= 0.6 is 11.6 Å². The second kappa shape index (κ2) is 1.30. The Morgan fingerprint density at radius 3 is 2.33 bits per heavy atom. The highest BCUT2D eigenvalue weighted by Crippen LogP contribution is 2.58. The predicted molar refractivity (Wildman–Crippen MR) is 36.8 cm³/mol. The molecule has 0 amide bonds. The minimum Gasteiger partial charge on any atom is -0.364 e. The van der Waals surface area contributed by atoms with Gasteiger partial charge in [0.05, 0.1) is 11.0 Å². The maximum atomic E-state index is 6.18. The van der Waals surface area contributed by atoms with Gasteiger partial charge in [-0.2, -0.15) is 0 Å². The molecule has 0 N–H and O–H groups in total. The van der Waals surface area contributed by atoms with Crippen molar-refractivity contribution >= 4 is 11.6 Å². The fraction of sp³-hybridized carbons (Fsp3) is 1.00. The second-order valence-corrected chi connectivity index (χ2v) is 4.28. The maximum Gasteiger partial charge on any atom is 0.111 e. The lowest BCUT2D eigenvalue weighted by Crippen LogP contribution is -2.30. The van der Waals surface area contributed by atoms with E-state index in [4.69, 9.17) is 16.3 Å². The minimum absolute atomic E-state index is 0.0224. The molecule has 3 atom stereocenters. The molecule has 2 aliphatic rings. The van der Waals surface area contributed by atoms with Crippen molar-refractivity contribution in [3.05, 3.63) is 0 Å². The highest BCUT2D eigenvalue weighted by atomic mass is 35.5. The molecule has 1 heterocycles. The molecule has 1 aliphatic carbocycles. The molecule has 2 rings (SSSR count). The molecule has 2 fully saturated rings. The number of hydrogen-bond acceptors (Lipinski definition) is 1. The van der Waals surface area contributed by atoms with Gasteiger partial charge in [-0.1, -0.05) is 0 Å². The summed E-state index contributed by atoms with van der Waals surface area (Å²) in [6, 6.07) is 0. The van der Waals surface area contributed by atoms with Crippen molar-refractivity contribution in [2.24, 2.45) is 0 Å². The van der Waals surface area contributed by atoms with Crippen LogP contribution in [0.1, 0.15) is 26.7 Å². The van der Waals surface area contributed by atoms with Gasteiger partial charge in [-0.3, -0.25) is 0 Å². The van der Waals surface area contributed by atoms with E-state index >= 15 is 0 Å². The fourth-order valence-electron chi connectivity index (χ4n) is 1.70. The Labute approximate surface area is 60.3 Å². The van der Waals surface area contributed by atoms with Gasteiger partial charge in [0.25, 0.3) is 0 Å². The van der Waals surface area contributed by atoms with E-state index in [-0.39, 0.29) is 10.5 Å². The molecule has 0 unspecified atom stereocenters. The molecule has 1 saturated carbocycles. The van der Waals surface area contributed by atoms with E-state index in [0.717, 1.165) is 12.8 Å². The number of epoxide rings is 1. The Morgan fingerprint density at radius 1 is 1.56 bits per heavy atom. The monoisotopic (exact) mass is 146 g/mol. The molecular formula is C7H11ClO. The Balaban J connectivity index is 2.28. The number of halogens is 1. The van der Waals surface area contributed by atoms with E-state index in [1.54, 1.807) is 0 Å². The molecule has 0 spiro atoms. The summed E-state index contributed by atoms with van der Waals surface area (Å²) in [5.41, 5.74) is 0.0224. The molecule has 0 bridgehead atoms. The molecule has 0 radical (unpaired) electrons. The van der Waals surface area contributed by atoms with Gasteiger partial charge in [-0.25, -0.2) is 0 Å². The number of hydrogen-bond donors (Lipinski definition) is 0. The van der Waals surface area contributed by atoms with Crippen LogP contribution in [0.15, 0.2) is 0 Å². The Hall–Kier alpha value is 0.250. The standard InChI is InChI=1S/C7H11ClO/c1-6(8)4-3-5-7(6,2)9-5/h5H,3-4H2,1-2H3/t5-,6+,7-/m1/s1. The first-order valence-electron chi connectivity index (χ1n) is 3.43. The van der Waals surface area contributed by atoms with E-state index < -0.39 is 0 Å². The second-order valence-electron chi connectivity index (χ2n) is 3.45. The van der Waals surface area contributed by atoms with Crippen molar-refractivity contribution in [1.29, 1.82) is 0 Å². The van der Waals surface area contributed by atoms with Gasteiger partial charge >= 0.3 is 0 Å². The topological polar surface area (TPSA) is 12.5 Å².